The molecule has 1 aromatic carbocycles. The molecule has 0 N–H and O–H groups in total. The molecule has 24 heavy (non-hydrogen) atoms. The van der Waals surface area contributed by atoms with E-state index in [4.69, 9.17) is 0 Å². The number of fused-ring (bicyclic) bond motifs is 3. The topological polar surface area (TPSA) is 128 Å². The number of carbonyl (C=O) groups is 2. The molecule has 0 bridgehead atoms. The lowest BCUT2D eigenvalue weighted by atomic mass is 10.2. The molecule has 0 unspecified atom stereocenters. The quantitative estimate of drug-likeness (QED) is 0.383. The highest BCUT2D eigenvalue weighted by Gasteiger charge is 2.42. The number of rotatable bonds is 2. The Morgan fingerprint density at radius 3 is 2.71 bits per heavy atom. The molecule has 0 spiro atoms. The summed E-state index contributed by atoms with van der Waals surface area (Å²) < 4.78 is 1.12. The molecule has 3 heterocycles. The number of imide groups is 1. The first-order chi connectivity index (χ1) is 11.5. The molecular weight excluding hydrogens is 338 g/mol. The van der Waals surface area contributed by atoms with Crippen molar-refractivity contribution >= 4 is 39.5 Å². The minimum atomic E-state index is -0.681. The maximum atomic E-state index is 12.6. The van der Waals surface area contributed by atoms with Crippen molar-refractivity contribution in [1.82, 2.24) is 14.6 Å². The monoisotopic (exact) mass is 343 g/mol. The van der Waals surface area contributed by atoms with Gasteiger partial charge < -0.3 is 0 Å². The number of carbonyl (C=O) groups excluding carboxylic acids is 2. The molecule has 10 nitrogen and oxygen atoms in total. The predicted octanol–water partition coefficient (Wildman–Crippen LogP) is 0.860. The largest absolute Gasteiger partial charge is 0.292 e. The van der Waals surface area contributed by atoms with E-state index in [1.165, 1.54) is 18.2 Å². The van der Waals surface area contributed by atoms with E-state index in [0.717, 1.165) is 33.0 Å². The van der Waals surface area contributed by atoms with Crippen LogP contribution in [0.25, 0.3) is 4.96 Å². The molecule has 11 heteroatoms. The summed E-state index contributed by atoms with van der Waals surface area (Å²) in [5.74, 6) is -1.32. The lowest BCUT2D eigenvalue weighted by Crippen LogP contribution is -2.30. The van der Waals surface area contributed by atoms with E-state index < -0.39 is 22.3 Å². The van der Waals surface area contributed by atoms with Crippen molar-refractivity contribution in [3.63, 3.8) is 0 Å². The Morgan fingerprint density at radius 1 is 1.17 bits per heavy atom. The summed E-state index contributed by atoms with van der Waals surface area (Å²) in [4.78, 5) is 51.4. The zero-order valence-corrected chi connectivity index (χ0v) is 12.4. The molecule has 3 aromatic rings. The fourth-order valence-corrected chi connectivity index (χ4v) is 3.39. The van der Waals surface area contributed by atoms with Gasteiger partial charge in [0.05, 0.1) is 10.6 Å². The van der Waals surface area contributed by atoms with Crippen LogP contribution in [0.2, 0.25) is 0 Å². The summed E-state index contributed by atoms with van der Waals surface area (Å²) in [6.45, 7) is 0. The summed E-state index contributed by atoms with van der Waals surface area (Å²) in [6.07, 6.45) is 0.938. The number of non-ortho nitro benzene ring substituents is 1. The summed E-state index contributed by atoms with van der Waals surface area (Å²) >= 11 is 0.865. The molecule has 0 saturated carbocycles. The highest BCUT2D eigenvalue weighted by Crippen LogP contribution is 2.34. The number of hydrogen-bond donors (Lipinski definition) is 0. The molecule has 0 atom stereocenters. The molecule has 0 aliphatic carbocycles. The minimum absolute atomic E-state index is 0.0148. The number of amides is 2. The number of nitro benzene ring substituents is 1. The maximum absolute atomic E-state index is 12.6. The van der Waals surface area contributed by atoms with Crippen molar-refractivity contribution in [3.8, 4) is 0 Å². The zero-order valence-electron chi connectivity index (χ0n) is 11.6. The lowest BCUT2D eigenvalue weighted by Gasteiger charge is -2.13. The van der Waals surface area contributed by atoms with E-state index in [1.54, 1.807) is 0 Å². The van der Waals surface area contributed by atoms with E-state index >= 15 is 0 Å². The molecule has 4 rings (SSSR count). The third-order valence-electron chi connectivity index (χ3n) is 3.39. The Hall–Kier alpha value is -3.47. The van der Waals surface area contributed by atoms with Gasteiger partial charge >= 0.3 is 0 Å². The molecule has 2 amide bonds. The van der Waals surface area contributed by atoms with Crippen LogP contribution in [0.3, 0.4) is 0 Å². The van der Waals surface area contributed by atoms with Crippen LogP contribution in [0, 0.1) is 10.1 Å². The van der Waals surface area contributed by atoms with Crippen LogP contribution < -0.4 is 10.5 Å². The van der Waals surface area contributed by atoms with Crippen LogP contribution in [0.15, 0.2) is 35.3 Å². The van der Waals surface area contributed by atoms with Crippen LogP contribution in [0.4, 0.5) is 11.4 Å². The number of aromatic nitrogens is 3. The van der Waals surface area contributed by atoms with Gasteiger partial charge in [0, 0.05) is 12.1 Å². The Bertz CT molecular complexity index is 1120. The third kappa shape index (κ3) is 1.85. The highest BCUT2D eigenvalue weighted by molar-refractivity contribution is 7.19. The van der Waals surface area contributed by atoms with Gasteiger partial charge in [0.15, 0.2) is 5.69 Å². The van der Waals surface area contributed by atoms with Gasteiger partial charge in [0.2, 0.25) is 4.96 Å². The van der Waals surface area contributed by atoms with Gasteiger partial charge in [-0.1, -0.05) is 17.4 Å². The van der Waals surface area contributed by atoms with Gasteiger partial charge in [-0.15, -0.1) is 0 Å². The maximum Gasteiger partial charge on any atom is 0.292 e. The van der Waals surface area contributed by atoms with Crippen LogP contribution >= 0.6 is 11.3 Å². The lowest BCUT2D eigenvalue weighted by molar-refractivity contribution is -0.384. The molecule has 0 radical (unpaired) electrons. The normalized spacial score (nSPS) is 13.6. The van der Waals surface area contributed by atoms with Crippen molar-refractivity contribution in [1.29, 1.82) is 0 Å². The second kappa shape index (κ2) is 4.76. The van der Waals surface area contributed by atoms with Gasteiger partial charge in [-0.3, -0.25) is 24.5 Å². The average molecular weight is 343 g/mol. The van der Waals surface area contributed by atoms with E-state index in [9.17, 15) is 24.5 Å². The van der Waals surface area contributed by atoms with Crippen LogP contribution in [0.5, 0.6) is 0 Å². The summed E-state index contributed by atoms with van der Waals surface area (Å²) in [5, 5.41) is 14.7. The highest BCUT2D eigenvalue weighted by atomic mass is 32.1. The van der Waals surface area contributed by atoms with Crippen molar-refractivity contribution < 1.29 is 14.5 Å². The minimum Gasteiger partial charge on any atom is -0.267 e. The SMILES string of the molecule is O=C1c2sc3nc(=O)cnn3c2C(=O)N1c1cccc([N+](=O)[O-])c1. The second-order valence-corrected chi connectivity index (χ2v) is 5.77. The Labute approximate surface area is 135 Å². The Balaban J connectivity index is 1.87. The summed E-state index contributed by atoms with van der Waals surface area (Å²) in [5.41, 5.74) is -0.745. The molecule has 1 aliphatic heterocycles. The summed E-state index contributed by atoms with van der Waals surface area (Å²) in [7, 11) is 0. The van der Waals surface area contributed by atoms with Crippen LogP contribution in [0.1, 0.15) is 20.2 Å². The number of hydrogen-bond acceptors (Lipinski definition) is 8. The molecule has 1 aliphatic rings. The third-order valence-corrected chi connectivity index (χ3v) is 4.41. The number of anilines is 1. The molecule has 118 valence electrons. The summed E-state index contributed by atoms with van der Waals surface area (Å²) in [6, 6.07) is 5.21. The van der Waals surface area contributed by atoms with E-state index in [2.05, 4.69) is 10.1 Å². The fraction of sp³-hybridized carbons (Fsp3) is 0. The van der Waals surface area contributed by atoms with E-state index in [1.807, 2.05) is 0 Å². The van der Waals surface area contributed by atoms with Gasteiger partial charge in [0.1, 0.15) is 11.1 Å². The first-order valence-electron chi connectivity index (χ1n) is 6.49. The zero-order chi connectivity index (χ0) is 17.0. The van der Waals surface area contributed by atoms with Gasteiger partial charge in [-0.25, -0.2) is 4.90 Å². The van der Waals surface area contributed by atoms with Crippen molar-refractivity contribution in [2.24, 2.45) is 0 Å². The van der Waals surface area contributed by atoms with E-state index in [0.29, 0.717) is 0 Å². The van der Waals surface area contributed by atoms with E-state index in [-0.39, 0.29) is 26.9 Å². The number of nitro groups is 1. The number of thiazole rings is 1. The van der Waals surface area contributed by atoms with Gasteiger partial charge in [-0.05, 0) is 6.07 Å². The second-order valence-electron chi connectivity index (χ2n) is 4.79. The molecule has 0 saturated heterocycles. The molecule has 0 fully saturated rings. The smallest absolute Gasteiger partial charge is 0.267 e. The Kier molecular flexibility index (Phi) is 2.81. The Morgan fingerprint density at radius 2 is 1.96 bits per heavy atom. The standard InChI is InChI=1S/C13H5N5O5S/c19-8-5-14-17-9-10(24-13(17)15-8)12(21)16(11(9)20)6-2-1-3-7(4-6)18(22)23/h1-5H. The number of benzene rings is 1. The molecule has 2 aromatic heterocycles. The van der Waals surface area contributed by atoms with Crippen molar-refractivity contribution in [2.75, 3.05) is 4.90 Å². The van der Waals surface area contributed by atoms with Crippen LogP contribution in [-0.2, 0) is 0 Å². The fourth-order valence-electron chi connectivity index (χ4n) is 2.39. The van der Waals surface area contributed by atoms with Gasteiger partial charge in [0.25, 0.3) is 23.1 Å². The van der Waals surface area contributed by atoms with Gasteiger partial charge in [-0.2, -0.15) is 14.6 Å². The average Bonchev–Trinajstić information content (AvgIpc) is 3.03. The first-order valence-corrected chi connectivity index (χ1v) is 7.31. The molecular formula is C13H5N5O5S. The van der Waals surface area contributed by atoms with Crippen molar-refractivity contribution in [2.45, 2.75) is 0 Å². The van der Waals surface area contributed by atoms with Crippen molar-refractivity contribution in [3.05, 3.63) is 61.5 Å². The first kappa shape index (κ1) is 14.1. The number of nitrogens with zero attached hydrogens (tertiary/aromatic N) is 5. The predicted molar refractivity (Wildman–Crippen MR) is 81.4 cm³/mol. The van der Waals surface area contributed by atoms with Crippen LogP contribution in [-0.4, -0.2) is 31.3 Å².